The lowest BCUT2D eigenvalue weighted by Crippen LogP contribution is -2.38. The van der Waals surface area contributed by atoms with Gasteiger partial charge in [0.25, 0.3) is 0 Å². The second-order valence-electron chi connectivity index (χ2n) is 8.82. The first-order valence-corrected chi connectivity index (χ1v) is 12.5. The number of methoxy groups -OCH3 is 2. The van der Waals surface area contributed by atoms with Gasteiger partial charge >= 0.3 is 0 Å². The van der Waals surface area contributed by atoms with E-state index in [1.54, 1.807) is 40.3 Å². The fourth-order valence-electron chi connectivity index (χ4n) is 3.76. The molecule has 1 aromatic heterocycles. The van der Waals surface area contributed by atoms with Gasteiger partial charge in [-0.15, -0.1) is 5.10 Å². The standard InChI is InChI=1S/C9H13N5O.C9H17NO2.C9H13NO/c1-6-3-7(4-8(5-15)12-6)9(10)13-14(2)11;1-12-7-9(11)10-8-5-3-2-4-6-8;1-10-7-8-4-3-5-9(6-8)11-2/h3-5H,11H2,1-2H3,(H2,10,13);8H,2-7H2,1H3,(H,10,11);3-6,10H,7H2,1-2H3. The summed E-state index contributed by atoms with van der Waals surface area (Å²) in [5.41, 5.74) is 8.57. The minimum atomic E-state index is 0.0180. The van der Waals surface area contributed by atoms with Gasteiger partial charge in [-0.2, -0.15) is 0 Å². The van der Waals surface area contributed by atoms with Crippen LogP contribution in [0.2, 0.25) is 0 Å². The highest BCUT2D eigenvalue weighted by Gasteiger charge is 2.14. The maximum Gasteiger partial charge on any atom is 0.246 e. The van der Waals surface area contributed by atoms with Crippen LogP contribution in [0.25, 0.3) is 0 Å². The smallest absolute Gasteiger partial charge is 0.246 e. The molecule has 1 heterocycles. The molecular weight excluding hydrogens is 486 g/mol. The number of hydrazine groups is 1. The number of benzene rings is 1. The Kier molecular flexibility index (Phi) is 16.0. The Bertz CT molecular complexity index is 1010. The molecule has 0 spiro atoms. The molecule has 1 aliphatic carbocycles. The van der Waals surface area contributed by atoms with E-state index in [0.717, 1.165) is 30.3 Å². The van der Waals surface area contributed by atoms with Crippen molar-refractivity contribution in [2.24, 2.45) is 16.7 Å². The van der Waals surface area contributed by atoms with Crippen molar-refractivity contribution < 1.29 is 19.1 Å². The molecule has 0 saturated heterocycles. The Balaban J connectivity index is 0.000000289. The van der Waals surface area contributed by atoms with E-state index in [2.05, 4.69) is 26.8 Å². The van der Waals surface area contributed by atoms with Gasteiger partial charge in [0.1, 0.15) is 18.1 Å². The van der Waals surface area contributed by atoms with E-state index in [4.69, 9.17) is 21.1 Å². The number of amidine groups is 1. The van der Waals surface area contributed by atoms with Crippen LogP contribution in [0.1, 0.15) is 59.4 Å². The molecule has 210 valence electrons. The zero-order valence-electron chi connectivity index (χ0n) is 23.2. The Morgan fingerprint density at radius 1 is 1.21 bits per heavy atom. The summed E-state index contributed by atoms with van der Waals surface area (Å²) in [6, 6.07) is 11.7. The van der Waals surface area contributed by atoms with Gasteiger partial charge < -0.3 is 25.8 Å². The maximum atomic E-state index is 11.1. The van der Waals surface area contributed by atoms with Gasteiger partial charge in [-0.1, -0.05) is 31.4 Å². The second kappa shape index (κ2) is 18.7. The van der Waals surface area contributed by atoms with Crippen molar-refractivity contribution in [2.45, 2.75) is 51.6 Å². The highest BCUT2D eigenvalue weighted by Crippen LogP contribution is 2.17. The lowest BCUT2D eigenvalue weighted by Gasteiger charge is -2.22. The number of carbonyl (C=O) groups is 2. The SMILES string of the molecule is CNCc1cccc(OC)c1.COCC(=O)NC1CCCCC1.Cc1cc(/C(N)=N/N(C)N)cc(C=O)n1. The van der Waals surface area contributed by atoms with Gasteiger partial charge in [-0.25, -0.2) is 11.0 Å². The molecular formula is C27H43N7O4. The van der Waals surface area contributed by atoms with Crippen molar-refractivity contribution in [1.29, 1.82) is 0 Å². The number of aromatic nitrogens is 1. The molecule has 0 atom stereocenters. The average molecular weight is 530 g/mol. The number of rotatable bonds is 9. The maximum absolute atomic E-state index is 11.1. The molecule has 0 aliphatic heterocycles. The third-order valence-electron chi connectivity index (χ3n) is 5.42. The third kappa shape index (κ3) is 13.7. The van der Waals surface area contributed by atoms with Crippen molar-refractivity contribution in [2.75, 3.05) is 34.9 Å². The number of nitrogens with zero attached hydrogens (tertiary/aromatic N) is 3. The predicted molar refractivity (Wildman–Crippen MR) is 150 cm³/mol. The van der Waals surface area contributed by atoms with Crippen LogP contribution in [0.5, 0.6) is 5.75 Å². The normalized spacial score (nSPS) is 13.3. The molecule has 0 bridgehead atoms. The molecule has 1 saturated carbocycles. The highest BCUT2D eigenvalue weighted by molar-refractivity contribution is 5.98. The largest absolute Gasteiger partial charge is 0.497 e. The Morgan fingerprint density at radius 3 is 2.50 bits per heavy atom. The Hall–Kier alpha value is -3.54. The lowest BCUT2D eigenvalue weighted by atomic mass is 9.95. The van der Waals surface area contributed by atoms with E-state index >= 15 is 0 Å². The van der Waals surface area contributed by atoms with Crippen LogP contribution in [-0.2, 0) is 16.1 Å². The summed E-state index contributed by atoms with van der Waals surface area (Å²) in [5, 5.41) is 11.0. The Morgan fingerprint density at radius 2 is 1.92 bits per heavy atom. The zero-order valence-corrected chi connectivity index (χ0v) is 23.2. The van der Waals surface area contributed by atoms with E-state index in [-0.39, 0.29) is 18.3 Å². The first-order chi connectivity index (χ1) is 18.2. The van der Waals surface area contributed by atoms with Crippen molar-refractivity contribution in [3.05, 3.63) is 58.9 Å². The quantitative estimate of drug-likeness (QED) is 0.126. The van der Waals surface area contributed by atoms with Gasteiger partial charge in [0.15, 0.2) is 12.1 Å². The summed E-state index contributed by atoms with van der Waals surface area (Å²) >= 11 is 0. The number of carbonyl (C=O) groups excluding carboxylic acids is 2. The van der Waals surface area contributed by atoms with Crippen molar-refractivity contribution >= 4 is 18.0 Å². The average Bonchev–Trinajstić information content (AvgIpc) is 2.89. The molecule has 0 unspecified atom stereocenters. The van der Waals surface area contributed by atoms with Crippen molar-refractivity contribution in [1.82, 2.24) is 20.7 Å². The molecule has 1 aliphatic rings. The van der Waals surface area contributed by atoms with Gasteiger partial charge in [0.2, 0.25) is 5.91 Å². The van der Waals surface area contributed by atoms with Crippen LogP contribution >= 0.6 is 0 Å². The van der Waals surface area contributed by atoms with Gasteiger partial charge in [0, 0.05) is 38.0 Å². The van der Waals surface area contributed by atoms with Crippen LogP contribution in [-0.4, -0.2) is 69.1 Å². The van der Waals surface area contributed by atoms with Gasteiger partial charge in [-0.05, 0) is 56.6 Å². The molecule has 1 aromatic carbocycles. The second-order valence-corrected chi connectivity index (χ2v) is 8.82. The summed E-state index contributed by atoms with van der Waals surface area (Å²) < 4.78 is 9.81. The summed E-state index contributed by atoms with van der Waals surface area (Å²) in [5.74, 6) is 6.50. The van der Waals surface area contributed by atoms with Crippen LogP contribution in [0.15, 0.2) is 41.5 Å². The number of aldehydes is 1. The first kappa shape index (κ1) is 32.5. The number of hydrogen-bond donors (Lipinski definition) is 4. The number of hydrogen-bond acceptors (Lipinski definition) is 9. The van der Waals surface area contributed by atoms with Crippen LogP contribution in [0.4, 0.5) is 0 Å². The van der Waals surface area contributed by atoms with E-state index in [1.807, 2.05) is 25.2 Å². The lowest BCUT2D eigenvalue weighted by molar-refractivity contribution is -0.125. The molecule has 11 nitrogen and oxygen atoms in total. The number of nitrogens with one attached hydrogen (secondary N) is 2. The summed E-state index contributed by atoms with van der Waals surface area (Å²) in [4.78, 5) is 25.6. The van der Waals surface area contributed by atoms with Crippen molar-refractivity contribution in [3.63, 3.8) is 0 Å². The van der Waals surface area contributed by atoms with E-state index < -0.39 is 0 Å². The Labute approximate surface area is 225 Å². The van der Waals surface area contributed by atoms with E-state index in [1.165, 1.54) is 24.8 Å². The molecule has 11 heteroatoms. The molecule has 1 fully saturated rings. The summed E-state index contributed by atoms with van der Waals surface area (Å²) in [6.45, 7) is 2.85. The van der Waals surface area contributed by atoms with Crippen LogP contribution < -0.4 is 26.9 Å². The molecule has 3 rings (SSSR count). The van der Waals surface area contributed by atoms with Crippen LogP contribution in [0, 0.1) is 6.92 Å². The number of ether oxygens (including phenoxy) is 2. The molecule has 0 radical (unpaired) electrons. The monoisotopic (exact) mass is 529 g/mol. The number of hydrazone groups is 1. The minimum absolute atomic E-state index is 0.0180. The van der Waals surface area contributed by atoms with E-state index in [0.29, 0.717) is 29.3 Å². The fourth-order valence-corrected chi connectivity index (χ4v) is 3.76. The van der Waals surface area contributed by atoms with Gasteiger partial charge in [0.05, 0.1) is 7.11 Å². The number of amides is 1. The predicted octanol–water partition coefficient (Wildman–Crippen LogP) is 2.12. The molecule has 1 amide bonds. The molecule has 2 aromatic rings. The molecule has 6 N–H and O–H groups in total. The third-order valence-corrected chi connectivity index (χ3v) is 5.42. The van der Waals surface area contributed by atoms with Crippen LogP contribution in [0.3, 0.4) is 0 Å². The molecule has 38 heavy (non-hydrogen) atoms. The summed E-state index contributed by atoms with van der Waals surface area (Å²) in [6.07, 6.45) is 6.74. The zero-order chi connectivity index (χ0) is 28.3. The first-order valence-electron chi connectivity index (χ1n) is 12.5. The highest BCUT2D eigenvalue weighted by atomic mass is 16.5. The van der Waals surface area contributed by atoms with Gasteiger partial charge in [-0.3, -0.25) is 14.6 Å². The summed E-state index contributed by atoms with van der Waals surface area (Å²) in [7, 11) is 6.71. The minimum Gasteiger partial charge on any atom is -0.497 e. The number of nitrogens with two attached hydrogens (primary N) is 2. The fraction of sp³-hybridized carbons (Fsp3) is 0.481. The number of aryl methyl sites for hydroxylation is 1. The van der Waals surface area contributed by atoms with Crippen molar-refractivity contribution in [3.8, 4) is 5.75 Å². The number of pyridine rings is 1. The van der Waals surface area contributed by atoms with E-state index in [9.17, 15) is 9.59 Å². The topological polar surface area (TPSA) is 157 Å².